The Hall–Kier alpha value is -1.94. The molecule has 1 aliphatic heterocycles. The van der Waals surface area contributed by atoms with Crippen molar-refractivity contribution in [3.05, 3.63) is 47.0 Å². The molecule has 3 aliphatic rings. The number of benzene rings is 1. The molecule has 0 N–H and O–H groups in total. The second kappa shape index (κ2) is 5.03. The van der Waals surface area contributed by atoms with Crippen molar-refractivity contribution in [1.82, 2.24) is 0 Å². The molecular weight excluding hydrogens is 316 g/mol. The van der Waals surface area contributed by atoms with Crippen molar-refractivity contribution in [2.24, 2.45) is 5.92 Å². The monoisotopic (exact) mass is 330 g/mol. The van der Waals surface area contributed by atoms with E-state index < -0.39 is 22.9 Å². The molecule has 4 rings (SSSR count). The lowest BCUT2D eigenvalue weighted by Gasteiger charge is -2.43. The maximum Gasteiger partial charge on any atom is 0.331 e. The molecule has 0 amide bonds. The van der Waals surface area contributed by atoms with E-state index in [1.807, 2.05) is 0 Å². The number of hydrogen-bond acceptors (Lipinski definition) is 4. The standard InChI is InChI=1S/C18H15ClO4/c19-15-14(16(21)11-6-1-2-7-12(11)17(15)22)18-8-4-3-5-10(18)9-13(20)23-18/h1-2,6-7,9,14-15H,3-5,8H2. The first-order valence-electron chi connectivity index (χ1n) is 7.80. The molecule has 1 aromatic rings. The summed E-state index contributed by atoms with van der Waals surface area (Å²) in [7, 11) is 0. The molecule has 23 heavy (non-hydrogen) atoms. The van der Waals surface area contributed by atoms with Gasteiger partial charge in [-0.3, -0.25) is 9.59 Å². The van der Waals surface area contributed by atoms with Gasteiger partial charge < -0.3 is 4.74 Å². The minimum Gasteiger partial charge on any atom is -0.450 e. The quantitative estimate of drug-likeness (QED) is 0.586. The van der Waals surface area contributed by atoms with Crippen LogP contribution in [0.1, 0.15) is 46.4 Å². The predicted molar refractivity (Wildman–Crippen MR) is 83.6 cm³/mol. The average Bonchev–Trinajstić information content (AvgIpc) is 2.89. The summed E-state index contributed by atoms with van der Waals surface area (Å²) in [6, 6.07) is 6.71. The number of esters is 1. The van der Waals surface area contributed by atoms with Crippen molar-refractivity contribution in [3.63, 3.8) is 0 Å². The number of rotatable bonds is 1. The molecule has 4 nitrogen and oxygen atoms in total. The highest BCUT2D eigenvalue weighted by atomic mass is 35.5. The van der Waals surface area contributed by atoms with Crippen LogP contribution in [-0.2, 0) is 9.53 Å². The lowest BCUT2D eigenvalue weighted by atomic mass is 9.65. The van der Waals surface area contributed by atoms with Crippen LogP contribution < -0.4 is 0 Å². The summed E-state index contributed by atoms with van der Waals surface area (Å²) in [4.78, 5) is 37.6. The zero-order chi connectivity index (χ0) is 16.2. The molecule has 2 aliphatic carbocycles. The fourth-order valence-corrected chi connectivity index (χ4v) is 4.55. The number of ether oxygens (including phenoxy) is 1. The molecule has 0 saturated heterocycles. The summed E-state index contributed by atoms with van der Waals surface area (Å²) in [5, 5.41) is -1.01. The van der Waals surface area contributed by atoms with Crippen LogP contribution in [0, 0.1) is 5.92 Å². The molecule has 0 aromatic heterocycles. The number of carbonyl (C=O) groups excluding carboxylic acids is 3. The SMILES string of the molecule is O=C1C=C2CCCCC2(C2C(=O)c3ccccc3C(=O)C2Cl)O1. The van der Waals surface area contributed by atoms with Crippen LogP contribution in [0.3, 0.4) is 0 Å². The van der Waals surface area contributed by atoms with Crippen molar-refractivity contribution in [3.8, 4) is 0 Å². The van der Waals surface area contributed by atoms with E-state index in [0.717, 1.165) is 18.4 Å². The van der Waals surface area contributed by atoms with E-state index in [4.69, 9.17) is 16.3 Å². The second-order valence-electron chi connectivity index (χ2n) is 6.34. The number of fused-ring (bicyclic) bond motifs is 2. The van der Waals surface area contributed by atoms with Gasteiger partial charge in [-0.05, 0) is 31.3 Å². The number of Topliss-reactive ketones (excluding diaryl/α,β-unsaturated/α-hetero) is 2. The van der Waals surface area contributed by atoms with Gasteiger partial charge in [0, 0.05) is 17.2 Å². The first kappa shape index (κ1) is 14.6. The van der Waals surface area contributed by atoms with Crippen LogP contribution in [0.5, 0.6) is 0 Å². The van der Waals surface area contributed by atoms with Gasteiger partial charge in [-0.1, -0.05) is 24.3 Å². The van der Waals surface area contributed by atoms with E-state index in [1.165, 1.54) is 6.08 Å². The van der Waals surface area contributed by atoms with Gasteiger partial charge in [0.1, 0.15) is 11.0 Å². The molecule has 1 fully saturated rings. The van der Waals surface area contributed by atoms with Crippen molar-refractivity contribution in [1.29, 1.82) is 0 Å². The fourth-order valence-electron chi connectivity index (χ4n) is 4.12. The lowest BCUT2D eigenvalue weighted by molar-refractivity contribution is -0.150. The Balaban J connectivity index is 1.86. The highest BCUT2D eigenvalue weighted by Gasteiger charge is 2.58. The molecule has 1 heterocycles. The number of hydrogen-bond donors (Lipinski definition) is 0. The minimum atomic E-state index is -1.04. The molecule has 3 atom stereocenters. The van der Waals surface area contributed by atoms with Crippen LogP contribution >= 0.6 is 11.6 Å². The van der Waals surface area contributed by atoms with Crippen molar-refractivity contribution in [2.75, 3.05) is 0 Å². The summed E-state index contributed by atoms with van der Waals surface area (Å²) < 4.78 is 5.61. The number of halogens is 1. The van der Waals surface area contributed by atoms with Crippen LogP contribution in [0.4, 0.5) is 0 Å². The largest absolute Gasteiger partial charge is 0.450 e. The molecular formula is C18H15ClO4. The van der Waals surface area contributed by atoms with Crippen molar-refractivity contribution >= 4 is 29.1 Å². The first-order valence-corrected chi connectivity index (χ1v) is 8.24. The Bertz CT molecular complexity index is 766. The first-order chi connectivity index (χ1) is 11.0. The third kappa shape index (κ3) is 1.94. The summed E-state index contributed by atoms with van der Waals surface area (Å²) in [5.41, 5.74) is 0.504. The van der Waals surface area contributed by atoms with Crippen LogP contribution in [-0.4, -0.2) is 28.5 Å². The van der Waals surface area contributed by atoms with Crippen LogP contribution in [0.2, 0.25) is 0 Å². The summed E-state index contributed by atoms with van der Waals surface area (Å²) in [5.74, 6) is -1.76. The second-order valence-corrected chi connectivity index (χ2v) is 6.81. The molecule has 5 heteroatoms. The average molecular weight is 331 g/mol. The number of ketones is 2. The molecule has 118 valence electrons. The Kier molecular flexibility index (Phi) is 3.20. The third-order valence-electron chi connectivity index (χ3n) is 5.15. The Morgan fingerprint density at radius 3 is 2.48 bits per heavy atom. The van der Waals surface area contributed by atoms with Crippen molar-refractivity contribution < 1.29 is 19.1 Å². The highest BCUT2D eigenvalue weighted by molar-refractivity contribution is 6.39. The summed E-state index contributed by atoms with van der Waals surface area (Å²) >= 11 is 6.41. The lowest BCUT2D eigenvalue weighted by Crippen LogP contribution is -2.54. The van der Waals surface area contributed by atoms with Gasteiger partial charge in [-0.15, -0.1) is 11.6 Å². The van der Waals surface area contributed by atoms with Crippen LogP contribution in [0.25, 0.3) is 0 Å². The number of carbonyl (C=O) groups is 3. The fraction of sp³-hybridized carbons (Fsp3) is 0.389. The maximum absolute atomic E-state index is 13.1. The van der Waals surface area contributed by atoms with Crippen LogP contribution in [0.15, 0.2) is 35.9 Å². The van der Waals surface area contributed by atoms with Gasteiger partial charge in [0.25, 0.3) is 0 Å². The Morgan fingerprint density at radius 1 is 1.04 bits per heavy atom. The van der Waals surface area contributed by atoms with Gasteiger partial charge >= 0.3 is 5.97 Å². The predicted octanol–water partition coefficient (Wildman–Crippen LogP) is 3.09. The van der Waals surface area contributed by atoms with E-state index >= 15 is 0 Å². The van der Waals surface area contributed by atoms with Gasteiger partial charge in [0.05, 0.1) is 5.92 Å². The molecule has 3 unspecified atom stereocenters. The summed E-state index contributed by atoms with van der Waals surface area (Å²) in [6.45, 7) is 0. The van der Waals surface area contributed by atoms with Gasteiger partial charge in [-0.25, -0.2) is 4.79 Å². The normalized spacial score (nSPS) is 32.9. The zero-order valence-corrected chi connectivity index (χ0v) is 13.1. The summed E-state index contributed by atoms with van der Waals surface area (Å²) in [6.07, 6.45) is 4.51. The smallest absolute Gasteiger partial charge is 0.331 e. The molecule has 1 saturated carbocycles. The zero-order valence-electron chi connectivity index (χ0n) is 12.4. The molecule has 0 bridgehead atoms. The van der Waals surface area contributed by atoms with Gasteiger partial charge in [0.15, 0.2) is 11.6 Å². The van der Waals surface area contributed by atoms with E-state index in [9.17, 15) is 14.4 Å². The highest BCUT2D eigenvalue weighted by Crippen LogP contribution is 2.50. The third-order valence-corrected chi connectivity index (χ3v) is 5.60. The van der Waals surface area contributed by atoms with E-state index in [-0.39, 0.29) is 11.6 Å². The molecule has 1 aromatic carbocycles. The van der Waals surface area contributed by atoms with Gasteiger partial charge in [-0.2, -0.15) is 0 Å². The minimum absolute atomic E-state index is 0.206. The maximum atomic E-state index is 13.1. The number of alkyl halides is 1. The van der Waals surface area contributed by atoms with Gasteiger partial charge in [0.2, 0.25) is 0 Å². The topological polar surface area (TPSA) is 60.4 Å². The van der Waals surface area contributed by atoms with Crippen molar-refractivity contribution in [2.45, 2.75) is 36.7 Å². The van der Waals surface area contributed by atoms with E-state index in [0.29, 0.717) is 24.0 Å². The van der Waals surface area contributed by atoms with E-state index in [2.05, 4.69) is 0 Å². The van der Waals surface area contributed by atoms with E-state index in [1.54, 1.807) is 24.3 Å². The Labute approximate surface area is 138 Å². The molecule has 0 spiro atoms. The molecule has 0 radical (unpaired) electrons. The Morgan fingerprint density at radius 2 is 1.74 bits per heavy atom.